The van der Waals surface area contributed by atoms with Gasteiger partial charge in [0.1, 0.15) is 0 Å². The van der Waals surface area contributed by atoms with E-state index in [2.05, 4.69) is 218 Å². The molecule has 0 bridgehead atoms. The van der Waals surface area contributed by atoms with Crippen LogP contribution in [-0.2, 0) is 5.41 Å². The third-order valence-corrected chi connectivity index (χ3v) is 10.9. The van der Waals surface area contributed by atoms with Crippen molar-refractivity contribution in [2.45, 2.75) is 32.1 Å². The van der Waals surface area contributed by atoms with Crippen LogP contribution >= 0.6 is 0 Å². The molecule has 2 heteroatoms. The van der Waals surface area contributed by atoms with Crippen LogP contribution in [0.4, 0.5) is 34.1 Å². The highest BCUT2D eigenvalue weighted by molar-refractivity contribution is 5.91. The highest BCUT2D eigenvalue weighted by Gasteiger charge is 2.47. The second-order valence-electron chi connectivity index (χ2n) is 14.2. The molecule has 9 rings (SSSR count). The van der Waals surface area contributed by atoms with Crippen molar-refractivity contribution in [3.63, 3.8) is 0 Å². The number of aryl methyl sites for hydroxylation is 2. The Balaban J connectivity index is 1.22. The van der Waals surface area contributed by atoms with Gasteiger partial charge in [0.2, 0.25) is 0 Å². The molecule has 0 fully saturated rings. The van der Waals surface area contributed by atoms with Crippen molar-refractivity contribution in [1.82, 2.24) is 0 Å². The van der Waals surface area contributed by atoms with Gasteiger partial charge in [0.05, 0.1) is 5.41 Å². The maximum Gasteiger partial charge on any atom is 0.0710 e. The molecule has 0 heterocycles. The summed E-state index contributed by atoms with van der Waals surface area (Å²) in [5.74, 6) is 0. The van der Waals surface area contributed by atoms with Crippen LogP contribution < -0.4 is 9.80 Å². The summed E-state index contributed by atoms with van der Waals surface area (Å²) in [7, 11) is 0. The van der Waals surface area contributed by atoms with E-state index in [0.29, 0.717) is 0 Å². The van der Waals surface area contributed by atoms with Gasteiger partial charge in [0, 0.05) is 34.1 Å². The molecule has 0 N–H and O–H groups in total. The van der Waals surface area contributed by atoms with Crippen molar-refractivity contribution < 1.29 is 0 Å². The van der Waals surface area contributed by atoms with Crippen LogP contribution in [0.25, 0.3) is 5.57 Å². The average Bonchev–Trinajstić information content (AvgIpc) is 3.50. The zero-order valence-electron chi connectivity index (χ0n) is 30.3. The molecule has 7 aromatic carbocycles. The summed E-state index contributed by atoms with van der Waals surface area (Å²) in [6.45, 7) is 4.33. The van der Waals surface area contributed by atoms with Gasteiger partial charge < -0.3 is 9.80 Å². The zero-order chi connectivity index (χ0) is 35.8. The summed E-state index contributed by atoms with van der Waals surface area (Å²) in [5, 5.41) is 0. The van der Waals surface area contributed by atoms with Crippen LogP contribution in [0.1, 0.15) is 46.2 Å². The molecule has 0 aromatic heterocycles. The first-order valence-electron chi connectivity index (χ1n) is 18.7. The van der Waals surface area contributed by atoms with E-state index in [4.69, 9.17) is 0 Å². The summed E-state index contributed by atoms with van der Waals surface area (Å²) in [5.41, 5.74) is 17.0. The Morgan fingerprint density at radius 2 is 0.887 bits per heavy atom. The van der Waals surface area contributed by atoms with E-state index in [9.17, 15) is 0 Å². The lowest BCUT2D eigenvalue weighted by Crippen LogP contribution is -2.29. The standard InChI is InChI=1S/C51H42N2/c1-37-16-14-24-44(34-37)52(41-22-10-5-11-23-41)42-28-30-43(31-29-42)53(45-25-15-17-38(2)35-45)46-32-33-48-47-26-12-13-27-49(47)51(50(48)36-46,39-18-6-3-7-19-39)40-20-8-4-9-21-40/h3-11,13-25,27-36H,12,26H2,1-2H3. The Kier molecular flexibility index (Phi) is 8.37. The second kappa shape index (κ2) is 13.6. The summed E-state index contributed by atoms with van der Waals surface area (Å²) in [6, 6.07) is 66.7. The quantitative estimate of drug-likeness (QED) is 0.157. The van der Waals surface area contributed by atoms with Crippen LogP contribution in [0.3, 0.4) is 0 Å². The minimum atomic E-state index is -0.424. The number of anilines is 6. The van der Waals surface area contributed by atoms with Gasteiger partial charge in [0.25, 0.3) is 0 Å². The Bertz CT molecular complexity index is 2420. The lowest BCUT2D eigenvalue weighted by Gasteiger charge is -2.36. The van der Waals surface area contributed by atoms with Gasteiger partial charge >= 0.3 is 0 Å². The van der Waals surface area contributed by atoms with Crippen molar-refractivity contribution >= 4 is 39.7 Å². The van der Waals surface area contributed by atoms with Crippen LogP contribution in [0.5, 0.6) is 0 Å². The van der Waals surface area contributed by atoms with Crippen molar-refractivity contribution in [1.29, 1.82) is 0 Å². The van der Waals surface area contributed by atoms with Crippen LogP contribution in [0.15, 0.2) is 200 Å². The normalized spacial score (nSPS) is 14.1. The highest BCUT2D eigenvalue weighted by atomic mass is 15.2. The fraction of sp³-hybridized carbons (Fsp3) is 0.0980. The Morgan fingerprint density at radius 1 is 0.434 bits per heavy atom. The van der Waals surface area contributed by atoms with E-state index in [1.165, 1.54) is 44.5 Å². The number of rotatable bonds is 8. The highest BCUT2D eigenvalue weighted by Crippen LogP contribution is 2.58. The molecule has 0 atom stereocenters. The first-order chi connectivity index (χ1) is 26.1. The Labute approximate surface area is 313 Å². The van der Waals surface area contributed by atoms with Crippen LogP contribution in [0, 0.1) is 13.8 Å². The predicted molar refractivity (Wildman–Crippen MR) is 223 cm³/mol. The summed E-state index contributed by atoms with van der Waals surface area (Å²) in [6.07, 6.45) is 6.87. The third kappa shape index (κ3) is 5.68. The summed E-state index contributed by atoms with van der Waals surface area (Å²) in [4.78, 5) is 4.76. The smallest absolute Gasteiger partial charge is 0.0710 e. The minimum Gasteiger partial charge on any atom is -0.310 e. The summed E-state index contributed by atoms with van der Waals surface area (Å²) >= 11 is 0. The molecule has 0 amide bonds. The van der Waals surface area contributed by atoms with Crippen LogP contribution in [0.2, 0.25) is 0 Å². The van der Waals surface area contributed by atoms with E-state index < -0.39 is 5.41 Å². The molecule has 2 nitrogen and oxygen atoms in total. The van der Waals surface area contributed by atoms with E-state index in [1.54, 1.807) is 0 Å². The Hall–Kier alpha value is -6.38. The van der Waals surface area contributed by atoms with Crippen molar-refractivity contribution in [3.8, 4) is 0 Å². The van der Waals surface area contributed by atoms with Gasteiger partial charge in [-0.2, -0.15) is 0 Å². The van der Waals surface area contributed by atoms with Gasteiger partial charge in [-0.15, -0.1) is 0 Å². The van der Waals surface area contributed by atoms with Gasteiger partial charge in [0.15, 0.2) is 0 Å². The van der Waals surface area contributed by atoms with Gasteiger partial charge in [-0.1, -0.05) is 121 Å². The molecule has 0 spiro atoms. The molecule has 2 aliphatic rings. The number of hydrogen-bond acceptors (Lipinski definition) is 2. The summed E-state index contributed by atoms with van der Waals surface area (Å²) < 4.78 is 0. The predicted octanol–water partition coefficient (Wildman–Crippen LogP) is 13.7. The number of allylic oxidation sites excluding steroid dienone is 4. The average molecular weight is 683 g/mol. The van der Waals surface area contributed by atoms with Crippen molar-refractivity contribution in [2.75, 3.05) is 9.80 Å². The first kappa shape index (κ1) is 32.5. The lowest BCUT2D eigenvalue weighted by atomic mass is 9.66. The third-order valence-electron chi connectivity index (χ3n) is 10.9. The fourth-order valence-electron chi connectivity index (χ4n) is 8.61. The van der Waals surface area contributed by atoms with E-state index in [-0.39, 0.29) is 0 Å². The zero-order valence-corrected chi connectivity index (χ0v) is 30.3. The van der Waals surface area contributed by atoms with E-state index in [0.717, 1.165) is 47.0 Å². The first-order valence-corrected chi connectivity index (χ1v) is 18.7. The van der Waals surface area contributed by atoms with Gasteiger partial charge in [-0.05, 0) is 144 Å². The number of hydrogen-bond donors (Lipinski definition) is 0. The van der Waals surface area contributed by atoms with Crippen molar-refractivity contribution in [3.05, 3.63) is 233 Å². The molecule has 7 aromatic rings. The minimum absolute atomic E-state index is 0.424. The molecule has 0 radical (unpaired) electrons. The number of benzene rings is 7. The van der Waals surface area contributed by atoms with Crippen LogP contribution in [-0.4, -0.2) is 0 Å². The SMILES string of the molecule is Cc1cccc(N(c2ccccc2)c2ccc(N(c3cccc(C)c3)c3ccc4c(c3)C(c3ccccc3)(c3ccccc3)C3=C4CCC=C3)cc2)c1. The molecular weight excluding hydrogens is 641 g/mol. The molecule has 256 valence electrons. The van der Waals surface area contributed by atoms with E-state index >= 15 is 0 Å². The molecule has 0 unspecified atom stereocenters. The maximum absolute atomic E-state index is 2.47. The second-order valence-corrected chi connectivity index (χ2v) is 14.2. The number of para-hydroxylation sites is 1. The monoisotopic (exact) mass is 682 g/mol. The van der Waals surface area contributed by atoms with Crippen molar-refractivity contribution in [2.24, 2.45) is 0 Å². The van der Waals surface area contributed by atoms with Gasteiger partial charge in [-0.3, -0.25) is 0 Å². The van der Waals surface area contributed by atoms with E-state index in [1.807, 2.05) is 0 Å². The number of fused-ring (bicyclic) bond motifs is 2. The number of nitrogens with zero attached hydrogens (tertiary/aromatic N) is 2. The Morgan fingerprint density at radius 3 is 1.43 bits per heavy atom. The maximum atomic E-state index is 2.47. The lowest BCUT2D eigenvalue weighted by molar-refractivity contribution is 0.756. The molecule has 0 saturated carbocycles. The molecule has 2 aliphatic carbocycles. The largest absolute Gasteiger partial charge is 0.310 e. The molecule has 0 saturated heterocycles. The molecule has 0 aliphatic heterocycles. The van der Waals surface area contributed by atoms with Gasteiger partial charge in [-0.25, -0.2) is 0 Å². The molecular formula is C51H42N2. The molecule has 53 heavy (non-hydrogen) atoms. The topological polar surface area (TPSA) is 6.48 Å². The fourth-order valence-corrected chi connectivity index (χ4v) is 8.61.